The minimum absolute atomic E-state index is 0.112. The van der Waals surface area contributed by atoms with Crippen molar-refractivity contribution in [2.75, 3.05) is 0 Å². The van der Waals surface area contributed by atoms with Gasteiger partial charge in [0.2, 0.25) is 5.88 Å². The van der Waals surface area contributed by atoms with Crippen LogP contribution in [0.25, 0.3) is 0 Å². The molecule has 0 bridgehead atoms. The van der Waals surface area contributed by atoms with Crippen LogP contribution in [-0.4, -0.2) is 26.0 Å². The topological polar surface area (TPSA) is 115 Å². The number of carboxylic acid groups (broad SMARTS) is 1. The zero-order valence-electron chi connectivity index (χ0n) is 10.3. The minimum atomic E-state index is -1.45. The van der Waals surface area contributed by atoms with Gasteiger partial charge < -0.3 is 9.84 Å². The number of hydrogen-bond donors (Lipinski definition) is 1. The Hall–Kier alpha value is -3.03. The summed E-state index contributed by atoms with van der Waals surface area (Å²) in [4.78, 5) is 29.1. The van der Waals surface area contributed by atoms with Crippen molar-refractivity contribution in [2.45, 2.75) is 6.92 Å². The van der Waals surface area contributed by atoms with Crippen LogP contribution in [0, 0.1) is 17.0 Å². The van der Waals surface area contributed by atoms with Crippen LogP contribution in [0.1, 0.15) is 16.2 Å². The first-order valence-corrected chi connectivity index (χ1v) is 5.47. The lowest BCUT2D eigenvalue weighted by atomic mass is 10.1. The fraction of sp³-hybridized carbons (Fsp3) is 0.0833. The molecular formula is C12H9N3O5. The van der Waals surface area contributed by atoms with Crippen LogP contribution in [0.15, 0.2) is 30.5 Å². The molecule has 0 atom stereocenters. The van der Waals surface area contributed by atoms with E-state index < -0.39 is 22.1 Å². The summed E-state index contributed by atoms with van der Waals surface area (Å²) in [6.45, 7) is 1.64. The number of nitro groups is 1. The van der Waals surface area contributed by atoms with Crippen LogP contribution >= 0.6 is 0 Å². The van der Waals surface area contributed by atoms with Crippen molar-refractivity contribution in [1.82, 2.24) is 9.97 Å². The second-order valence-corrected chi connectivity index (χ2v) is 3.76. The molecule has 1 N–H and O–H groups in total. The molecule has 0 saturated carbocycles. The van der Waals surface area contributed by atoms with E-state index in [9.17, 15) is 14.9 Å². The van der Waals surface area contributed by atoms with Crippen LogP contribution in [0.3, 0.4) is 0 Å². The highest BCUT2D eigenvalue weighted by Crippen LogP contribution is 2.31. The van der Waals surface area contributed by atoms with Crippen molar-refractivity contribution in [1.29, 1.82) is 0 Å². The van der Waals surface area contributed by atoms with Gasteiger partial charge in [-0.15, -0.1) is 0 Å². The van der Waals surface area contributed by atoms with Gasteiger partial charge in [-0.05, 0) is 13.0 Å². The van der Waals surface area contributed by atoms with Crippen molar-refractivity contribution < 1.29 is 19.6 Å². The number of hydrogen-bond acceptors (Lipinski definition) is 6. The number of carbonyl (C=O) groups is 1. The highest BCUT2D eigenvalue weighted by Gasteiger charge is 2.25. The van der Waals surface area contributed by atoms with Gasteiger partial charge in [-0.2, -0.15) is 4.98 Å². The maximum absolute atomic E-state index is 11.2. The summed E-state index contributed by atoms with van der Waals surface area (Å²) in [6.07, 6.45) is 1.44. The monoisotopic (exact) mass is 275 g/mol. The molecule has 0 saturated heterocycles. The van der Waals surface area contributed by atoms with Crippen molar-refractivity contribution in [2.24, 2.45) is 0 Å². The predicted molar refractivity (Wildman–Crippen MR) is 66.9 cm³/mol. The van der Waals surface area contributed by atoms with E-state index in [0.29, 0.717) is 5.82 Å². The van der Waals surface area contributed by atoms with Gasteiger partial charge in [-0.3, -0.25) is 10.1 Å². The number of nitrogens with zero attached hydrogens (tertiary/aromatic N) is 3. The maximum atomic E-state index is 11.2. The number of rotatable bonds is 4. The summed E-state index contributed by atoms with van der Waals surface area (Å²) in [6, 6.07) is 5.20. The molecule has 0 amide bonds. The molecule has 8 nitrogen and oxygen atoms in total. The van der Waals surface area contributed by atoms with E-state index in [1.165, 1.54) is 24.4 Å². The Morgan fingerprint density at radius 3 is 2.75 bits per heavy atom. The van der Waals surface area contributed by atoms with Gasteiger partial charge in [0, 0.05) is 18.3 Å². The van der Waals surface area contributed by atoms with Crippen molar-refractivity contribution >= 4 is 11.7 Å². The Morgan fingerprint density at radius 1 is 1.40 bits per heavy atom. The Labute approximate surface area is 112 Å². The smallest absolute Gasteiger partial charge is 0.346 e. The second-order valence-electron chi connectivity index (χ2n) is 3.76. The standard InChI is InChI=1S/C12H9N3O5/c1-7-13-6-5-10(14-7)20-9-4-2-3-8(15(18)19)11(9)12(16)17/h2-6H,1H3,(H,16,17). The summed E-state index contributed by atoms with van der Waals surface area (Å²) in [5.41, 5.74) is -1.06. The highest BCUT2D eigenvalue weighted by molar-refractivity contribution is 5.95. The van der Waals surface area contributed by atoms with E-state index in [-0.39, 0.29) is 11.6 Å². The van der Waals surface area contributed by atoms with Gasteiger partial charge in [0.15, 0.2) is 11.3 Å². The molecule has 0 aliphatic heterocycles. The lowest BCUT2D eigenvalue weighted by Crippen LogP contribution is -2.05. The third-order valence-corrected chi connectivity index (χ3v) is 2.38. The molecule has 0 radical (unpaired) electrons. The third-order valence-electron chi connectivity index (χ3n) is 2.38. The fourth-order valence-corrected chi connectivity index (χ4v) is 1.58. The number of aromatic carboxylic acids is 1. The van der Waals surface area contributed by atoms with Gasteiger partial charge in [-0.1, -0.05) is 6.07 Å². The molecular weight excluding hydrogens is 266 g/mol. The average molecular weight is 275 g/mol. The molecule has 0 aliphatic carbocycles. The summed E-state index contributed by atoms with van der Waals surface area (Å²) in [5, 5.41) is 20.0. The van der Waals surface area contributed by atoms with Gasteiger partial charge in [0.25, 0.3) is 5.69 Å². The average Bonchev–Trinajstić information content (AvgIpc) is 2.38. The fourth-order valence-electron chi connectivity index (χ4n) is 1.58. The molecule has 1 heterocycles. The number of ether oxygens (including phenoxy) is 1. The Bertz CT molecular complexity index is 687. The van der Waals surface area contributed by atoms with Gasteiger partial charge in [-0.25, -0.2) is 9.78 Å². The number of aromatic nitrogens is 2. The van der Waals surface area contributed by atoms with E-state index >= 15 is 0 Å². The van der Waals surface area contributed by atoms with Crippen LogP contribution in [-0.2, 0) is 0 Å². The van der Waals surface area contributed by atoms with E-state index in [4.69, 9.17) is 9.84 Å². The lowest BCUT2D eigenvalue weighted by molar-refractivity contribution is -0.385. The first-order valence-electron chi connectivity index (χ1n) is 5.47. The van der Waals surface area contributed by atoms with Gasteiger partial charge in [0.05, 0.1) is 4.92 Å². The molecule has 0 unspecified atom stereocenters. The molecule has 102 valence electrons. The Balaban J connectivity index is 2.49. The number of carboxylic acids is 1. The normalized spacial score (nSPS) is 10.1. The molecule has 2 aromatic rings. The molecule has 0 aliphatic rings. The molecule has 0 fully saturated rings. The first kappa shape index (κ1) is 13.4. The van der Waals surface area contributed by atoms with E-state index in [1.807, 2.05) is 0 Å². The SMILES string of the molecule is Cc1nccc(Oc2cccc([N+](=O)[O-])c2C(=O)O)n1. The summed E-state index contributed by atoms with van der Waals surface area (Å²) < 4.78 is 5.31. The maximum Gasteiger partial charge on any atom is 0.346 e. The van der Waals surface area contributed by atoms with E-state index in [1.54, 1.807) is 6.92 Å². The summed E-state index contributed by atoms with van der Waals surface area (Å²) >= 11 is 0. The quantitative estimate of drug-likeness (QED) is 0.671. The highest BCUT2D eigenvalue weighted by atomic mass is 16.6. The molecule has 8 heteroatoms. The summed E-state index contributed by atoms with van der Waals surface area (Å²) in [7, 11) is 0. The molecule has 1 aromatic carbocycles. The van der Waals surface area contributed by atoms with E-state index in [2.05, 4.69) is 9.97 Å². The predicted octanol–water partition coefficient (Wildman–Crippen LogP) is 2.18. The zero-order chi connectivity index (χ0) is 14.7. The largest absolute Gasteiger partial charge is 0.477 e. The van der Waals surface area contributed by atoms with Crippen LogP contribution in [0.4, 0.5) is 5.69 Å². The molecule has 1 aromatic heterocycles. The Kier molecular flexibility index (Phi) is 3.56. The zero-order valence-corrected chi connectivity index (χ0v) is 10.3. The van der Waals surface area contributed by atoms with Gasteiger partial charge in [0.1, 0.15) is 5.82 Å². The lowest BCUT2D eigenvalue weighted by Gasteiger charge is -2.08. The number of nitro benzene ring substituents is 1. The van der Waals surface area contributed by atoms with Crippen LogP contribution in [0.5, 0.6) is 11.6 Å². The van der Waals surface area contributed by atoms with Crippen LogP contribution in [0.2, 0.25) is 0 Å². The number of benzene rings is 1. The van der Waals surface area contributed by atoms with Crippen molar-refractivity contribution in [3.05, 3.63) is 52.0 Å². The molecule has 0 spiro atoms. The Morgan fingerprint density at radius 2 is 2.15 bits per heavy atom. The van der Waals surface area contributed by atoms with Crippen LogP contribution < -0.4 is 4.74 Å². The van der Waals surface area contributed by atoms with E-state index in [0.717, 1.165) is 6.07 Å². The first-order chi connectivity index (χ1) is 9.49. The van der Waals surface area contributed by atoms with Crippen molar-refractivity contribution in [3.8, 4) is 11.6 Å². The van der Waals surface area contributed by atoms with Gasteiger partial charge >= 0.3 is 5.97 Å². The molecule has 20 heavy (non-hydrogen) atoms. The second kappa shape index (κ2) is 5.31. The summed E-state index contributed by atoms with van der Waals surface area (Å²) in [5.74, 6) is -1.05. The molecule has 2 rings (SSSR count). The minimum Gasteiger partial charge on any atom is -0.477 e. The number of aryl methyl sites for hydroxylation is 1. The third kappa shape index (κ3) is 2.69. The van der Waals surface area contributed by atoms with Crippen molar-refractivity contribution in [3.63, 3.8) is 0 Å².